The third-order valence-electron chi connectivity index (χ3n) is 5.04. The molecule has 0 fully saturated rings. The monoisotopic (exact) mass is 446 g/mol. The van der Waals surface area contributed by atoms with Crippen molar-refractivity contribution in [3.8, 4) is 0 Å². The number of nitrogens with one attached hydrogen (secondary N) is 1. The maximum Gasteiger partial charge on any atom is 0.242 e. The average Bonchev–Trinajstić information content (AvgIpc) is 2.74. The Morgan fingerprint density at radius 3 is 2.30 bits per heavy atom. The van der Waals surface area contributed by atoms with Gasteiger partial charge in [-0.3, -0.25) is 9.59 Å². The number of halogens is 1. The summed E-state index contributed by atoms with van der Waals surface area (Å²) in [7, 11) is 0. The molecule has 2 atom stereocenters. The van der Waals surface area contributed by atoms with Gasteiger partial charge in [0.2, 0.25) is 11.8 Å². The van der Waals surface area contributed by atoms with Crippen molar-refractivity contribution in [2.45, 2.75) is 64.1 Å². The molecule has 0 saturated heterocycles. The molecule has 0 aliphatic carbocycles. The second-order valence-corrected chi connectivity index (χ2v) is 9.16. The number of thioether (sulfide) groups is 1. The molecule has 0 heterocycles. The number of nitrogens with zero attached hydrogens (tertiary/aromatic N) is 1. The van der Waals surface area contributed by atoms with Gasteiger partial charge in [-0.05, 0) is 57.0 Å². The van der Waals surface area contributed by atoms with Gasteiger partial charge in [-0.15, -0.1) is 11.8 Å². The molecule has 4 nitrogen and oxygen atoms in total. The zero-order valence-corrected chi connectivity index (χ0v) is 19.7. The van der Waals surface area contributed by atoms with Crippen LogP contribution in [0.3, 0.4) is 0 Å². The summed E-state index contributed by atoms with van der Waals surface area (Å²) < 4.78 is 0. The minimum absolute atomic E-state index is 0.0311. The quantitative estimate of drug-likeness (QED) is 0.493. The van der Waals surface area contributed by atoms with Crippen molar-refractivity contribution < 1.29 is 9.59 Å². The molecule has 0 spiro atoms. The van der Waals surface area contributed by atoms with Crippen molar-refractivity contribution in [2.75, 3.05) is 5.75 Å². The molecule has 162 valence electrons. The smallest absolute Gasteiger partial charge is 0.242 e. The molecule has 0 radical (unpaired) electrons. The standard InChI is InChI=1S/C24H31ClN2O2S/c1-5-18(3)26-24(29)19(4)27(16-20-8-10-21(25)11-9-20)23(28)14-15-30-22-12-6-17(2)7-13-22/h6-13,18-19H,5,14-16H2,1-4H3,(H,26,29)/t18-,19-/m0/s1. The first-order valence-corrected chi connectivity index (χ1v) is 11.7. The second-order valence-electron chi connectivity index (χ2n) is 7.55. The molecule has 2 aromatic carbocycles. The number of hydrogen-bond donors (Lipinski definition) is 1. The number of rotatable bonds is 10. The van der Waals surface area contributed by atoms with Gasteiger partial charge in [0.05, 0.1) is 0 Å². The molecular formula is C24H31ClN2O2S. The van der Waals surface area contributed by atoms with Crippen molar-refractivity contribution in [1.29, 1.82) is 0 Å². The van der Waals surface area contributed by atoms with Gasteiger partial charge < -0.3 is 10.2 Å². The summed E-state index contributed by atoms with van der Waals surface area (Å²) in [6, 6.07) is 15.2. The van der Waals surface area contributed by atoms with E-state index in [4.69, 9.17) is 11.6 Å². The first-order chi connectivity index (χ1) is 14.3. The van der Waals surface area contributed by atoms with Crippen LogP contribution in [0.5, 0.6) is 0 Å². The number of amides is 2. The van der Waals surface area contributed by atoms with Gasteiger partial charge in [0, 0.05) is 34.7 Å². The molecule has 0 aliphatic rings. The van der Waals surface area contributed by atoms with Crippen LogP contribution in [0.15, 0.2) is 53.4 Å². The molecule has 2 rings (SSSR count). The van der Waals surface area contributed by atoms with Crippen molar-refractivity contribution in [3.05, 3.63) is 64.7 Å². The minimum Gasteiger partial charge on any atom is -0.352 e. The number of carbonyl (C=O) groups excluding carboxylic acids is 2. The van der Waals surface area contributed by atoms with Crippen LogP contribution in [-0.4, -0.2) is 34.6 Å². The van der Waals surface area contributed by atoms with E-state index >= 15 is 0 Å². The van der Waals surface area contributed by atoms with Crippen LogP contribution < -0.4 is 5.32 Å². The largest absolute Gasteiger partial charge is 0.352 e. The van der Waals surface area contributed by atoms with Crippen molar-refractivity contribution in [1.82, 2.24) is 10.2 Å². The van der Waals surface area contributed by atoms with Crippen LogP contribution in [0.25, 0.3) is 0 Å². The topological polar surface area (TPSA) is 49.4 Å². The SMILES string of the molecule is CC[C@H](C)NC(=O)[C@H](C)N(Cc1ccc(Cl)cc1)C(=O)CCSc1ccc(C)cc1. The van der Waals surface area contributed by atoms with Crippen LogP contribution in [-0.2, 0) is 16.1 Å². The van der Waals surface area contributed by atoms with Crippen LogP contribution >= 0.6 is 23.4 Å². The van der Waals surface area contributed by atoms with Crippen molar-refractivity contribution in [3.63, 3.8) is 0 Å². The van der Waals surface area contributed by atoms with E-state index in [2.05, 4.69) is 36.5 Å². The summed E-state index contributed by atoms with van der Waals surface area (Å²) in [5, 5.41) is 3.63. The normalized spacial score (nSPS) is 12.8. The highest BCUT2D eigenvalue weighted by atomic mass is 35.5. The second kappa shape index (κ2) is 12.0. The number of hydrogen-bond acceptors (Lipinski definition) is 3. The van der Waals surface area contributed by atoms with Crippen LogP contribution in [0, 0.1) is 6.92 Å². The molecule has 1 N–H and O–H groups in total. The lowest BCUT2D eigenvalue weighted by molar-refractivity contribution is -0.140. The van der Waals surface area contributed by atoms with E-state index in [1.807, 2.05) is 26.0 Å². The summed E-state index contributed by atoms with van der Waals surface area (Å²) in [5.74, 6) is 0.507. The summed E-state index contributed by atoms with van der Waals surface area (Å²) in [5.41, 5.74) is 2.16. The van der Waals surface area contributed by atoms with E-state index in [-0.39, 0.29) is 17.9 Å². The third-order valence-corrected chi connectivity index (χ3v) is 6.31. The predicted octanol–water partition coefficient (Wildman–Crippen LogP) is 5.46. The summed E-state index contributed by atoms with van der Waals surface area (Å²) in [6.07, 6.45) is 1.21. The summed E-state index contributed by atoms with van der Waals surface area (Å²) in [6.45, 7) is 8.21. The van der Waals surface area contributed by atoms with Gasteiger partial charge in [0.15, 0.2) is 0 Å². The number of carbonyl (C=O) groups is 2. The van der Waals surface area contributed by atoms with Gasteiger partial charge in [-0.25, -0.2) is 0 Å². The van der Waals surface area contributed by atoms with Gasteiger partial charge in [-0.2, -0.15) is 0 Å². The maximum atomic E-state index is 13.1. The lowest BCUT2D eigenvalue weighted by atomic mass is 10.1. The zero-order chi connectivity index (χ0) is 22.1. The van der Waals surface area contributed by atoms with Crippen LogP contribution in [0.4, 0.5) is 0 Å². The molecule has 0 aliphatic heterocycles. The molecule has 6 heteroatoms. The van der Waals surface area contributed by atoms with Gasteiger partial charge in [-0.1, -0.05) is 48.4 Å². The third kappa shape index (κ3) is 7.69. The van der Waals surface area contributed by atoms with Crippen LogP contribution in [0.2, 0.25) is 5.02 Å². The first-order valence-electron chi connectivity index (χ1n) is 10.3. The Balaban J connectivity index is 2.06. The fraction of sp³-hybridized carbons (Fsp3) is 0.417. The van der Waals surface area contributed by atoms with E-state index in [9.17, 15) is 9.59 Å². The van der Waals surface area contributed by atoms with Crippen molar-refractivity contribution in [2.24, 2.45) is 0 Å². The number of benzene rings is 2. The Kier molecular flexibility index (Phi) is 9.73. The van der Waals surface area contributed by atoms with Gasteiger partial charge >= 0.3 is 0 Å². The molecule has 0 aromatic heterocycles. The van der Waals surface area contributed by atoms with Gasteiger partial charge in [0.25, 0.3) is 0 Å². The lowest BCUT2D eigenvalue weighted by Gasteiger charge is -2.29. The molecule has 2 aromatic rings. The Morgan fingerprint density at radius 2 is 1.70 bits per heavy atom. The Bertz CT molecular complexity index is 824. The molecule has 30 heavy (non-hydrogen) atoms. The Morgan fingerprint density at radius 1 is 1.07 bits per heavy atom. The van der Waals surface area contributed by atoms with E-state index < -0.39 is 6.04 Å². The molecular weight excluding hydrogens is 416 g/mol. The summed E-state index contributed by atoms with van der Waals surface area (Å²) in [4.78, 5) is 28.6. The van der Waals surface area contributed by atoms with E-state index in [0.29, 0.717) is 23.7 Å². The van der Waals surface area contributed by atoms with Crippen molar-refractivity contribution >= 4 is 35.2 Å². The van der Waals surface area contributed by atoms with Crippen LogP contribution in [0.1, 0.15) is 44.7 Å². The fourth-order valence-corrected chi connectivity index (χ4v) is 3.84. The molecule has 0 unspecified atom stereocenters. The average molecular weight is 447 g/mol. The lowest BCUT2D eigenvalue weighted by Crippen LogP contribution is -2.49. The minimum atomic E-state index is -0.549. The highest BCUT2D eigenvalue weighted by molar-refractivity contribution is 7.99. The fourth-order valence-electron chi connectivity index (χ4n) is 2.87. The maximum absolute atomic E-state index is 13.1. The van der Waals surface area contributed by atoms with E-state index in [1.165, 1.54) is 5.56 Å². The molecule has 0 bridgehead atoms. The zero-order valence-electron chi connectivity index (χ0n) is 18.2. The Hall–Kier alpha value is -1.98. The van der Waals surface area contributed by atoms with E-state index in [0.717, 1.165) is 16.9 Å². The highest BCUT2D eigenvalue weighted by Crippen LogP contribution is 2.21. The molecule has 2 amide bonds. The highest BCUT2D eigenvalue weighted by Gasteiger charge is 2.26. The van der Waals surface area contributed by atoms with Gasteiger partial charge in [0.1, 0.15) is 6.04 Å². The molecule has 0 saturated carbocycles. The van der Waals surface area contributed by atoms with E-state index in [1.54, 1.807) is 35.7 Å². The summed E-state index contributed by atoms with van der Waals surface area (Å²) >= 11 is 7.64. The predicted molar refractivity (Wildman–Crippen MR) is 126 cm³/mol. The number of aryl methyl sites for hydroxylation is 1. The first kappa shape index (κ1) is 24.3. The Labute approximate surface area is 189 Å².